The minimum absolute atomic E-state index is 0.0563. The number of aryl methyl sites for hydroxylation is 2. The van der Waals surface area contributed by atoms with Crippen molar-refractivity contribution in [2.24, 2.45) is 0 Å². The molecule has 0 spiro atoms. The second-order valence-electron chi connectivity index (χ2n) is 5.12. The van der Waals surface area contributed by atoms with Crippen molar-refractivity contribution in [3.8, 4) is 0 Å². The molecular weight excluding hydrogens is 282 g/mol. The van der Waals surface area contributed by atoms with Gasteiger partial charge in [0.25, 0.3) is 5.91 Å². The van der Waals surface area contributed by atoms with E-state index in [1.165, 1.54) is 0 Å². The minimum atomic E-state index is -0.308. The van der Waals surface area contributed by atoms with Crippen LogP contribution in [-0.2, 0) is 11.3 Å². The maximum absolute atomic E-state index is 12.0. The lowest BCUT2D eigenvalue weighted by Gasteiger charge is -2.17. The summed E-state index contributed by atoms with van der Waals surface area (Å²) in [5.41, 5.74) is 1.39. The first kappa shape index (κ1) is 15.8. The SMILES string of the molecule is Cc1cc(C(=O)NCC(=O)N(C)Cc2cccnc2)c(C)o1. The van der Waals surface area contributed by atoms with E-state index in [1.54, 1.807) is 44.3 Å². The number of furan rings is 1. The van der Waals surface area contributed by atoms with Crippen LogP contribution in [0.15, 0.2) is 35.0 Å². The van der Waals surface area contributed by atoms with E-state index in [0.717, 1.165) is 5.56 Å². The molecule has 0 aliphatic carbocycles. The third kappa shape index (κ3) is 3.94. The summed E-state index contributed by atoms with van der Waals surface area (Å²) in [6.07, 6.45) is 3.39. The van der Waals surface area contributed by atoms with Crippen LogP contribution in [0.4, 0.5) is 0 Å². The predicted octanol–water partition coefficient (Wildman–Crippen LogP) is 1.68. The highest BCUT2D eigenvalue weighted by atomic mass is 16.3. The van der Waals surface area contributed by atoms with Crippen molar-refractivity contribution in [2.75, 3.05) is 13.6 Å². The fourth-order valence-electron chi connectivity index (χ4n) is 2.10. The van der Waals surface area contributed by atoms with E-state index in [-0.39, 0.29) is 18.4 Å². The number of nitrogens with one attached hydrogen (secondary N) is 1. The molecule has 0 radical (unpaired) electrons. The average molecular weight is 301 g/mol. The van der Waals surface area contributed by atoms with Crippen molar-refractivity contribution in [1.82, 2.24) is 15.2 Å². The normalized spacial score (nSPS) is 10.3. The Morgan fingerprint density at radius 1 is 1.36 bits per heavy atom. The molecule has 0 aromatic carbocycles. The summed E-state index contributed by atoms with van der Waals surface area (Å²) in [6.45, 7) is 3.89. The highest BCUT2D eigenvalue weighted by Crippen LogP contribution is 2.13. The van der Waals surface area contributed by atoms with Crippen LogP contribution in [0.1, 0.15) is 27.4 Å². The van der Waals surface area contributed by atoms with Gasteiger partial charge >= 0.3 is 0 Å². The molecule has 6 heteroatoms. The Morgan fingerprint density at radius 3 is 2.73 bits per heavy atom. The van der Waals surface area contributed by atoms with Gasteiger partial charge in [-0.05, 0) is 31.5 Å². The van der Waals surface area contributed by atoms with Gasteiger partial charge in [-0.25, -0.2) is 0 Å². The van der Waals surface area contributed by atoms with Gasteiger partial charge in [0.15, 0.2) is 0 Å². The number of pyridine rings is 1. The lowest BCUT2D eigenvalue weighted by molar-refractivity contribution is -0.129. The zero-order chi connectivity index (χ0) is 16.1. The number of hydrogen-bond donors (Lipinski definition) is 1. The second-order valence-corrected chi connectivity index (χ2v) is 5.12. The lowest BCUT2D eigenvalue weighted by Crippen LogP contribution is -2.37. The Morgan fingerprint density at radius 2 is 2.14 bits per heavy atom. The first-order valence-electron chi connectivity index (χ1n) is 6.95. The van der Waals surface area contributed by atoms with E-state index in [2.05, 4.69) is 10.3 Å². The molecule has 1 N–H and O–H groups in total. The van der Waals surface area contributed by atoms with E-state index < -0.39 is 0 Å². The summed E-state index contributed by atoms with van der Waals surface area (Å²) in [7, 11) is 1.69. The first-order chi connectivity index (χ1) is 10.5. The van der Waals surface area contributed by atoms with Crippen molar-refractivity contribution >= 4 is 11.8 Å². The Kier molecular flexibility index (Phi) is 4.93. The zero-order valence-electron chi connectivity index (χ0n) is 12.9. The van der Waals surface area contributed by atoms with Crippen molar-refractivity contribution < 1.29 is 14.0 Å². The first-order valence-corrected chi connectivity index (χ1v) is 6.95. The zero-order valence-corrected chi connectivity index (χ0v) is 12.9. The van der Waals surface area contributed by atoms with E-state index >= 15 is 0 Å². The molecule has 0 aliphatic rings. The van der Waals surface area contributed by atoms with E-state index in [4.69, 9.17) is 4.42 Å². The van der Waals surface area contributed by atoms with Gasteiger partial charge in [-0.3, -0.25) is 14.6 Å². The summed E-state index contributed by atoms with van der Waals surface area (Å²) < 4.78 is 5.31. The monoisotopic (exact) mass is 301 g/mol. The number of carbonyl (C=O) groups is 2. The number of rotatable bonds is 5. The lowest BCUT2D eigenvalue weighted by atomic mass is 10.2. The predicted molar refractivity (Wildman–Crippen MR) is 81.2 cm³/mol. The number of aromatic nitrogens is 1. The summed E-state index contributed by atoms with van der Waals surface area (Å²) in [5.74, 6) is 0.737. The van der Waals surface area contributed by atoms with Crippen LogP contribution in [0.25, 0.3) is 0 Å². The number of amides is 2. The highest BCUT2D eigenvalue weighted by Gasteiger charge is 2.16. The maximum atomic E-state index is 12.0. The molecular formula is C16H19N3O3. The molecule has 0 saturated carbocycles. The maximum Gasteiger partial charge on any atom is 0.255 e. The van der Waals surface area contributed by atoms with Crippen LogP contribution < -0.4 is 5.32 Å². The number of nitrogens with zero attached hydrogens (tertiary/aromatic N) is 2. The van der Waals surface area contributed by atoms with Crippen molar-refractivity contribution in [3.05, 3.63) is 53.2 Å². The molecule has 0 aliphatic heterocycles. The fraction of sp³-hybridized carbons (Fsp3) is 0.312. The molecule has 2 aromatic rings. The van der Waals surface area contributed by atoms with Crippen molar-refractivity contribution in [3.63, 3.8) is 0 Å². The Hall–Kier alpha value is -2.63. The molecule has 2 rings (SSSR count). The van der Waals surface area contributed by atoms with Gasteiger partial charge in [0, 0.05) is 26.0 Å². The smallest absolute Gasteiger partial charge is 0.255 e. The number of likely N-dealkylation sites (N-methyl/N-ethyl adjacent to an activating group) is 1. The third-order valence-electron chi connectivity index (χ3n) is 3.25. The van der Waals surface area contributed by atoms with Gasteiger partial charge in [0.05, 0.1) is 12.1 Å². The Labute approximate surface area is 129 Å². The summed E-state index contributed by atoms with van der Waals surface area (Å²) >= 11 is 0. The van der Waals surface area contributed by atoms with E-state index in [9.17, 15) is 9.59 Å². The van der Waals surface area contributed by atoms with Gasteiger partial charge in [-0.1, -0.05) is 6.07 Å². The van der Waals surface area contributed by atoms with Crippen LogP contribution in [0.2, 0.25) is 0 Å². The van der Waals surface area contributed by atoms with Gasteiger partial charge in [-0.15, -0.1) is 0 Å². The quantitative estimate of drug-likeness (QED) is 0.911. The van der Waals surface area contributed by atoms with Gasteiger partial charge < -0.3 is 14.6 Å². The van der Waals surface area contributed by atoms with Gasteiger partial charge in [0.1, 0.15) is 11.5 Å². The Bertz CT molecular complexity index is 665. The second kappa shape index (κ2) is 6.89. The third-order valence-corrected chi connectivity index (χ3v) is 3.25. The standard InChI is InChI=1S/C16H19N3O3/c1-11-7-14(12(2)22-11)16(21)18-9-15(20)19(3)10-13-5-4-6-17-8-13/h4-8H,9-10H2,1-3H3,(H,18,21). The minimum Gasteiger partial charge on any atom is -0.466 e. The molecule has 0 fully saturated rings. The van der Waals surface area contributed by atoms with Crippen LogP contribution in [0.5, 0.6) is 0 Å². The molecule has 6 nitrogen and oxygen atoms in total. The molecule has 2 heterocycles. The fourth-order valence-corrected chi connectivity index (χ4v) is 2.10. The van der Waals surface area contributed by atoms with Gasteiger partial charge in [0.2, 0.25) is 5.91 Å². The highest BCUT2D eigenvalue weighted by molar-refractivity contribution is 5.97. The largest absolute Gasteiger partial charge is 0.466 e. The summed E-state index contributed by atoms with van der Waals surface area (Å²) in [6, 6.07) is 5.38. The van der Waals surface area contributed by atoms with E-state index in [1.807, 2.05) is 12.1 Å². The Balaban J connectivity index is 1.87. The summed E-state index contributed by atoms with van der Waals surface area (Å²) in [4.78, 5) is 29.6. The molecule has 116 valence electrons. The van der Waals surface area contributed by atoms with Crippen molar-refractivity contribution in [2.45, 2.75) is 20.4 Å². The molecule has 2 amide bonds. The van der Waals surface area contributed by atoms with Crippen LogP contribution in [0.3, 0.4) is 0 Å². The molecule has 0 saturated heterocycles. The van der Waals surface area contributed by atoms with Crippen LogP contribution in [0, 0.1) is 13.8 Å². The van der Waals surface area contributed by atoms with E-state index in [0.29, 0.717) is 23.6 Å². The van der Waals surface area contributed by atoms with Crippen molar-refractivity contribution in [1.29, 1.82) is 0 Å². The van der Waals surface area contributed by atoms with Gasteiger partial charge in [-0.2, -0.15) is 0 Å². The van der Waals surface area contributed by atoms with Crippen LogP contribution in [-0.4, -0.2) is 35.3 Å². The number of hydrogen-bond acceptors (Lipinski definition) is 4. The summed E-state index contributed by atoms with van der Waals surface area (Å²) in [5, 5.41) is 2.61. The number of carbonyl (C=O) groups excluding carboxylic acids is 2. The van der Waals surface area contributed by atoms with Crippen LogP contribution >= 0.6 is 0 Å². The molecule has 22 heavy (non-hydrogen) atoms. The molecule has 0 unspecified atom stereocenters. The topological polar surface area (TPSA) is 75.4 Å². The molecule has 0 bridgehead atoms. The average Bonchev–Trinajstić information content (AvgIpc) is 2.84. The molecule has 0 atom stereocenters. The molecule has 2 aromatic heterocycles.